The Hall–Kier alpha value is -1.74. The van der Waals surface area contributed by atoms with Crippen molar-refractivity contribution in [2.75, 3.05) is 52.9 Å². The molecule has 8 heteroatoms. The lowest BCUT2D eigenvalue weighted by molar-refractivity contribution is -0.185. The molecule has 1 unspecified atom stereocenters. The van der Waals surface area contributed by atoms with Crippen molar-refractivity contribution in [1.82, 2.24) is 0 Å². The van der Waals surface area contributed by atoms with Crippen LogP contribution in [0.25, 0.3) is 0 Å². The Labute approximate surface area is 155 Å². The van der Waals surface area contributed by atoms with Crippen molar-refractivity contribution in [3.05, 3.63) is 24.8 Å². The van der Waals surface area contributed by atoms with Crippen molar-refractivity contribution in [3.8, 4) is 0 Å². The Bertz CT molecular complexity index is 421. The van der Waals surface area contributed by atoms with Gasteiger partial charge < -0.3 is 28.4 Å². The first-order chi connectivity index (χ1) is 12.5. The summed E-state index contributed by atoms with van der Waals surface area (Å²) in [7, 11) is 0. The summed E-state index contributed by atoms with van der Waals surface area (Å²) in [5.74, 6) is -1.10. The normalized spacial score (nSPS) is 11.6. The average Bonchev–Trinajstić information content (AvgIpc) is 2.63. The molecular weight excluding hydrogens is 344 g/mol. The number of esters is 2. The monoisotopic (exact) mass is 374 g/mol. The van der Waals surface area contributed by atoms with E-state index in [1.165, 1.54) is 0 Å². The van der Waals surface area contributed by atoms with E-state index in [1.807, 2.05) is 6.92 Å². The summed E-state index contributed by atoms with van der Waals surface area (Å²) >= 11 is 0. The number of carbonyl (C=O) groups excluding carboxylic acids is 2. The lowest BCUT2D eigenvalue weighted by Crippen LogP contribution is -2.27. The summed E-state index contributed by atoms with van der Waals surface area (Å²) < 4.78 is 30.9. The first-order valence-corrected chi connectivity index (χ1v) is 8.57. The standard InChI is InChI=1S/C18H30O8/c1-5-16(19)26-17(24-7-3)14-23-12-13-25-18(20)15(4)8-9-22-11-10-21-6-2/h5,17H,1,4,6-14H2,2-3H3. The predicted octanol–water partition coefficient (Wildman–Crippen LogP) is 1.64. The molecule has 0 spiro atoms. The highest BCUT2D eigenvalue weighted by Crippen LogP contribution is 2.02. The van der Waals surface area contributed by atoms with Crippen molar-refractivity contribution in [1.29, 1.82) is 0 Å². The molecule has 0 rings (SSSR count). The second-order valence-electron chi connectivity index (χ2n) is 4.90. The number of ether oxygens (including phenoxy) is 6. The van der Waals surface area contributed by atoms with Crippen LogP contribution in [0.15, 0.2) is 24.8 Å². The Morgan fingerprint density at radius 2 is 1.65 bits per heavy atom. The third-order valence-electron chi connectivity index (χ3n) is 2.89. The first-order valence-electron chi connectivity index (χ1n) is 8.57. The average molecular weight is 374 g/mol. The minimum atomic E-state index is -0.829. The Kier molecular flexibility index (Phi) is 15.6. The zero-order valence-corrected chi connectivity index (χ0v) is 15.7. The fraction of sp³-hybridized carbons (Fsp3) is 0.667. The van der Waals surface area contributed by atoms with Crippen molar-refractivity contribution < 1.29 is 38.0 Å². The summed E-state index contributed by atoms with van der Waals surface area (Å²) in [4.78, 5) is 22.9. The van der Waals surface area contributed by atoms with E-state index in [1.54, 1.807) is 6.92 Å². The molecule has 0 amide bonds. The van der Waals surface area contributed by atoms with E-state index in [9.17, 15) is 9.59 Å². The maximum atomic E-state index is 11.7. The molecular formula is C18H30O8. The number of hydrogen-bond donors (Lipinski definition) is 0. The Balaban J connectivity index is 3.77. The van der Waals surface area contributed by atoms with Crippen LogP contribution in [0.4, 0.5) is 0 Å². The van der Waals surface area contributed by atoms with Gasteiger partial charge in [-0.2, -0.15) is 0 Å². The molecule has 26 heavy (non-hydrogen) atoms. The molecule has 0 aromatic carbocycles. The molecule has 0 aliphatic rings. The third-order valence-corrected chi connectivity index (χ3v) is 2.89. The molecule has 0 fully saturated rings. The van der Waals surface area contributed by atoms with E-state index in [2.05, 4.69) is 13.2 Å². The molecule has 8 nitrogen and oxygen atoms in total. The van der Waals surface area contributed by atoms with Gasteiger partial charge in [0, 0.05) is 31.3 Å². The second kappa shape index (κ2) is 16.7. The summed E-state index contributed by atoms with van der Waals surface area (Å²) in [6, 6.07) is 0. The minimum absolute atomic E-state index is 0.0274. The van der Waals surface area contributed by atoms with Crippen molar-refractivity contribution in [2.24, 2.45) is 0 Å². The maximum absolute atomic E-state index is 11.7. The first kappa shape index (κ1) is 24.3. The Morgan fingerprint density at radius 3 is 2.31 bits per heavy atom. The van der Waals surface area contributed by atoms with E-state index in [0.717, 1.165) is 6.08 Å². The molecule has 0 aliphatic carbocycles. The zero-order chi connectivity index (χ0) is 19.6. The van der Waals surface area contributed by atoms with Crippen LogP contribution < -0.4 is 0 Å². The van der Waals surface area contributed by atoms with Crippen molar-refractivity contribution in [3.63, 3.8) is 0 Å². The number of hydrogen-bond acceptors (Lipinski definition) is 8. The summed E-state index contributed by atoms with van der Waals surface area (Å²) in [6.07, 6.45) is 0.598. The third kappa shape index (κ3) is 13.5. The van der Waals surface area contributed by atoms with Crippen LogP contribution in [0.1, 0.15) is 20.3 Å². The van der Waals surface area contributed by atoms with E-state index in [4.69, 9.17) is 28.4 Å². The molecule has 0 aliphatic heterocycles. The van der Waals surface area contributed by atoms with Gasteiger partial charge in [0.15, 0.2) is 0 Å². The highest BCUT2D eigenvalue weighted by molar-refractivity contribution is 5.87. The van der Waals surface area contributed by atoms with Gasteiger partial charge in [-0.3, -0.25) is 0 Å². The molecule has 0 radical (unpaired) electrons. The zero-order valence-electron chi connectivity index (χ0n) is 15.7. The van der Waals surface area contributed by atoms with Gasteiger partial charge >= 0.3 is 11.9 Å². The van der Waals surface area contributed by atoms with E-state index in [0.29, 0.717) is 45.0 Å². The topological polar surface area (TPSA) is 89.5 Å². The van der Waals surface area contributed by atoms with Crippen LogP contribution in [0.2, 0.25) is 0 Å². The maximum Gasteiger partial charge on any atom is 0.333 e. The van der Waals surface area contributed by atoms with Crippen LogP contribution in [-0.4, -0.2) is 71.1 Å². The molecule has 0 bridgehead atoms. The lowest BCUT2D eigenvalue weighted by Gasteiger charge is -2.16. The molecule has 0 aromatic rings. The smallest absolute Gasteiger partial charge is 0.333 e. The van der Waals surface area contributed by atoms with E-state index in [-0.39, 0.29) is 19.8 Å². The highest BCUT2D eigenvalue weighted by atomic mass is 16.7. The number of rotatable bonds is 17. The van der Waals surface area contributed by atoms with Crippen LogP contribution >= 0.6 is 0 Å². The van der Waals surface area contributed by atoms with Crippen molar-refractivity contribution >= 4 is 11.9 Å². The molecule has 0 saturated heterocycles. The quantitative estimate of drug-likeness (QED) is 0.164. The molecule has 0 N–H and O–H groups in total. The van der Waals surface area contributed by atoms with Gasteiger partial charge in [-0.05, 0) is 13.8 Å². The van der Waals surface area contributed by atoms with E-state index >= 15 is 0 Å². The molecule has 0 saturated carbocycles. The van der Waals surface area contributed by atoms with Crippen molar-refractivity contribution in [2.45, 2.75) is 26.6 Å². The lowest BCUT2D eigenvalue weighted by atomic mass is 10.2. The fourth-order valence-corrected chi connectivity index (χ4v) is 1.62. The Morgan fingerprint density at radius 1 is 0.962 bits per heavy atom. The van der Waals surface area contributed by atoms with E-state index < -0.39 is 18.2 Å². The van der Waals surface area contributed by atoms with Crippen LogP contribution in [-0.2, 0) is 38.0 Å². The largest absolute Gasteiger partial charge is 0.460 e. The molecule has 0 heterocycles. The van der Waals surface area contributed by atoms with Gasteiger partial charge in [-0.1, -0.05) is 13.2 Å². The van der Waals surface area contributed by atoms with Gasteiger partial charge in [-0.15, -0.1) is 0 Å². The SMILES string of the molecule is C=CC(=O)OC(COCCOC(=O)C(=C)CCOCCOCC)OCC. The molecule has 0 aromatic heterocycles. The van der Waals surface area contributed by atoms with Gasteiger partial charge in [0.2, 0.25) is 6.29 Å². The van der Waals surface area contributed by atoms with Gasteiger partial charge in [0.05, 0.1) is 26.4 Å². The van der Waals surface area contributed by atoms with Gasteiger partial charge in [0.25, 0.3) is 0 Å². The summed E-state index contributed by atoms with van der Waals surface area (Å²) in [6.45, 7) is 13.3. The van der Waals surface area contributed by atoms with Gasteiger partial charge in [-0.25, -0.2) is 9.59 Å². The summed E-state index contributed by atoms with van der Waals surface area (Å²) in [5, 5.41) is 0. The number of carbonyl (C=O) groups is 2. The molecule has 150 valence electrons. The minimum Gasteiger partial charge on any atom is -0.460 e. The molecule has 1 atom stereocenters. The fourth-order valence-electron chi connectivity index (χ4n) is 1.62. The summed E-state index contributed by atoms with van der Waals surface area (Å²) in [5.41, 5.74) is 0.327. The highest BCUT2D eigenvalue weighted by Gasteiger charge is 2.13. The second-order valence-corrected chi connectivity index (χ2v) is 4.90. The van der Waals surface area contributed by atoms with Crippen LogP contribution in [0.5, 0.6) is 0 Å². The predicted molar refractivity (Wildman–Crippen MR) is 94.6 cm³/mol. The van der Waals surface area contributed by atoms with Gasteiger partial charge in [0.1, 0.15) is 13.2 Å². The van der Waals surface area contributed by atoms with Crippen LogP contribution in [0, 0.1) is 0 Å². The van der Waals surface area contributed by atoms with Crippen LogP contribution in [0.3, 0.4) is 0 Å².